The van der Waals surface area contributed by atoms with Crippen LogP contribution in [0.1, 0.15) is 70.9 Å². The summed E-state index contributed by atoms with van der Waals surface area (Å²) in [4.78, 5) is 37.6. The number of fused-ring (bicyclic) bond motifs is 4. The SMILES string of the molecule is COc1ncc(C(=O)NS2(=O)=NC(=O)c3ccc4c(c3)N(C[C@@H]3CC[C@H]3[C@@H](OC)/C=C\C[C@H](C)C2)C[C@@]2(CCCc3cc(Cl)ccc32)CO4)cn1. The average Bonchev–Trinajstić information content (AvgIpc) is 3.25. The molecule has 3 heterocycles. The Labute approximate surface area is 304 Å². The van der Waals surface area contributed by atoms with Crippen molar-refractivity contribution >= 4 is 39.0 Å². The molecule has 1 fully saturated rings. The summed E-state index contributed by atoms with van der Waals surface area (Å²) in [5.74, 6) is -0.213. The molecule has 1 unspecified atom stereocenters. The number of aromatic nitrogens is 2. The average molecular weight is 734 g/mol. The summed E-state index contributed by atoms with van der Waals surface area (Å²) in [6, 6.07) is 11.6. The zero-order valence-electron chi connectivity index (χ0n) is 29.2. The van der Waals surface area contributed by atoms with Gasteiger partial charge in [-0.25, -0.2) is 14.2 Å². The maximum Gasteiger partial charge on any atom is 0.316 e. The third-order valence-electron chi connectivity index (χ3n) is 10.8. The molecule has 3 aromatic rings. The van der Waals surface area contributed by atoms with Gasteiger partial charge in [0.1, 0.15) is 15.7 Å². The Morgan fingerprint density at radius 2 is 1.96 bits per heavy atom. The highest BCUT2D eigenvalue weighted by Gasteiger charge is 2.44. The molecule has 0 radical (unpaired) electrons. The molecule has 0 saturated heterocycles. The second-order valence-corrected chi connectivity index (χ2v) is 16.8. The molecule has 51 heavy (non-hydrogen) atoms. The van der Waals surface area contributed by atoms with Crippen LogP contribution >= 0.6 is 11.6 Å². The summed E-state index contributed by atoms with van der Waals surface area (Å²) in [6.07, 6.45) is 12.3. The van der Waals surface area contributed by atoms with Crippen LogP contribution in [0, 0.1) is 17.8 Å². The number of halogens is 1. The maximum atomic E-state index is 14.5. The van der Waals surface area contributed by atoms with Crippen LogP contribution in [0.2, 0.25) is 5.02 Å². The summed E-state index contributed by atoms with van der Waals surface area (Å²) in [5, 5.41) is 0.732. The topological polar surface area (TPSA) is 132 Å². The Morgan fingerprint density at radius 3 is 2.71 bits per heavy atom. The van der Waals surface area contributed by atoms with Crippen molar-refractivity contribution in [2.75, 3.05) is 44.6 Å². The third kappa shape index (κ3) is 7.36. The zero-order chi connectivity index (χ0) is 35.8. The van der Waals surface area contributed by atoms with Crippen molar-refractivity contribution in [1.29, 1.82) is 0 Å². The highest BCUT2D eigenvalue weighted by molar-refractivity contribution is 7.92. The summed E-state index contributed by atoms with van der Waals surface area (Å²) in [6.45, 7) is 3.89. The minimum absolute atomic E-state index is 0.0400. The second kappa shape index (κ2) is 14.6. The van der Waals surface area contributed by atoms with Crippen molar-refractivity contribution < 1.29 is 28.0 Å². The predicted molar refractivity (Wildman–Crippen MR) is 196 cm³/mol. The number of methoxy groups -OCH3 is 2. The fourth-order valence-electron chi connectivity index (χ4n) is 8.11. The van der Waals surface area contributed by atoms with Gasteiger partial charge in [-0.05, 0) is 97.7 Å². The van der Waals surface area contributed by atoms with Crippen LogP contribution in [-0.2, 0) is 26.5 Å². The van der Waals surface area contributed by atoms with E-state index in [1.165, 1.54) is 30.6 Å². The number of carbonyl (C=O) groups is 2. The van der Waals surface area contributed by atoms with E-state index in [0.29, 0.717) is 37.2 Å². The number of nitrogens with zero attached hydrogens (tertiary/aromatic N) is 4. The van der Waals surface area contributed by atoms with Crippen molar-refractivity contribution in [2.24, 2.45) is 22.1 Å². The van der Waals surface area contributed by atoms with Crippen molar-refractivity contribution in [2.45, 2.75) is 57.0 Å². The highest BCUT2D eigenvalue weighted by Crippen LogP contribution is 2.47. The molecule has 1 spiro atoms. The first-order valence-electron chi connectivity index (χ1n) is 17.6. The summed E-state index contributed by atoms with van der Waals surface area (Å²) in [5.41, 5.74) is 3.38. The molecule has 1 aromatic heterocycles. The van der Waals surface area contributed by atoms with E-state index < -0.39 is 21.7 Å². The summed E-state index contributed by atoms with van der Waals surface area (Å²) in [7, 11) is -0.417. The normalized spacial score (nSPS) is 29.6. The predicted octanol–water partition coefficient (Wildman–Crippen LogP) is 6.20. The van der Waals surface area contributed by atoms with E-state index in [0.717, 1.165) is 49.4 Å². The number of nitrogens with one attached hydrogen (secondary N) is 1. The van der Waals surface area contributed by atoms with Crippen LogP contribution in [0.5, 0.6) is 11.8 Å². The van der Waals surface area contributed by atoms with E-state index >= 15 is 0 Å². The van der Waals surface area contributed by atoms with Gasteiger partial charge in [0.15, 0.2) is 0 Å². The monoisotopic (exact) mass is 733 g/mol. The Bertz CT molecular complexity index is 1960. The molecule has 2 aromatic carbocycles. The van der Waals surface area contributed by atoms with Crippen molar-refractivity contribution in [3.63, 3.8) is 0 Å². The zero-order valence-corrected chi connectivity index (χ0v) is 30.8. The number of amides is 2. The molecular weight excluding hydrogens is 690 g/mol. The van der Waals surface area contributed by atoms with E-state index in [2.05, 4.69) is 48.2 Å². The Balaban J connectivity index is 1.29. The van der Waals surface area contributed by atoms with E-state index in [-0.39, 0.29) is 40.3 Å². The van der Waals surface area contributed by atoms with Gasteiger partial charge < -0.3 is 19.1 Å². The molecule has 1 N–H and O–H groups in total. The van der Waals surface area contributed by atoms with E-state index in [9.17, 15) is 13.8 Å². The molecule has 11 nitrogen and oxygen atoms in total. The lowest BCUT2D eigenvalue weighted by Crippen LogP contribution is -2.49. The summed E-state index contributed by atoms with van der Waals surface area (Å²) < 4.78 is 39.0. The van der Waals surface area contributed by atoms with Gasteiger partial charge in [-0.1, -0.05) is 36.7 Å². The lowest BCUT2D eigenvalue weighted by molar-refractivity contribution is 0.0131. The minimum Gasteiger partial charge on any atom is -0.490 e. The molecule has 6 atom stereocenters. The number of anilines is 1. The van der Waals surface area contributed by atoms with Crippen LogP contribution in [0.25, 0.3) is 0 Å². The van der Waals surface area contributed by atoms with Crippen LogP contribution in [0.15, 0.2) is 65.3 Å². The Hall–Kier alpha value is -4.00. The first kappa shape index (κ1) is 35.4. The quantitative estimate of drug-likeness (QED) is 0.311. The highest BCUT2D eigenvalue weighted by atomic mass is 35.5. The van der Waals surface area contributed by atoms with Crippen molar-refractivity contribution in [3.8, 4) is 11.8 Å². The standard InChI is InChI=1S/C38H44ClN5O6S/c1-24-6-4-8-33(48-2)30-12-9-27(30)20-44-22-38(15-5-7-25-16-29(39)11-13-31(25)38)23-50-34-14-10-26(17-32(34)44)35(45)42-51(47,21-24)43-36(46)28-18-40-37(49-3)41-19-28/h4,8,10-11,13-14,16-19,24,27,30,33H,5-7,9,12,15,20-23H2,1-3H3,(H,42,43,45,46,47)/b8-4-/t24-,27-,30+,33-,38-,51?/m0/s1. The van der Waals surface area contributed by atoms with Crippen molar-refractivity contribution in [3.05, 3.63) is 88.2 Å². The van der Waals surface area contributed by atoms with Gasteiger partial charge in [0, 0.05) is 48.6 Å². The van der Waals surface area contributed by atoms with Crippen LogP contribution in [0.4, 0.5) is 5.69 Å². The Kier molecular flexibility index (Phi) is 10.1. The number of ether oxygens (including phenoxy) is 3. The Morgan fingerprint density at radius 1 is 1.14 bits per heavy atom. The number of hydrogen-bond donors (Lipinski definition) is 1. The fourth-order valence-corrected chi connectivity index (χ4v) is 10.2. The van der Waals surface area contributed by atoms with Gasteiger partial charge in [0.05, 0.1) is 36.8 Å². The lowest BCUT2D eigenvalue weighted by Gasteiger charge is -2.46. The molecular formula is C38H44ClN5O6S. The number of carbonyl (C=O) groups excluding carboxylic acids is 2. The number of benzene rings is 2. The first-order valence-corrected chi connectivity index (χ1v) is 19.6. The molecule has 2 aliphatic heterocycles. The number of hydrogen-bond acceptors (Lipinski definition) is 9. The number of allylic oxidation sites excluding steroid dienone is 1. The molecule has 4 aliphatic rings. The first-order chi connectivity index (χ1) is 24.6. The molecule has 270 valence electrons. The minimum atomic E-state index is -3.59. The number of rotatable bonds is 4. The van der Waals surface area contributed by atoms with Gasteiger partial charge in [-0.15, -0.1) is 4.36 Å². The van der Waals surface area contributed by atoms with Gasteiger partial charge in [-0.3, -0.25) is 14.3 Å². The summed E-state index contributed by atoms with van der Waals surface area (Å²) >= 11 is 6.45. The van der Waals surface area contributed by atoms with Gasteiger partial charge in [0.2, 0.25) is 0 Å². The van der Waals surface area contributed by atoms with Crippen LogP contribution in [-0.4, -0.2) is 71.8 Å². The molecule has 2 amide bonds. The van der Waals surface area contributed by atoms with E-state index in [1.54, 1.807) is 19.2 Å². The molecule has 7 rings (SSSR count). The van der Waals surface area contributed by atoms with E-state index in [4.69, 9.17) is 25.8 Å². The van der Waals surface area contributed by atoms with E-state index in [1.807, 2.05) is 19.1 Å². The maximum absolute atomic E-state index is 14.5. The molecule has 2 aliphatic carbocycles. The van der Waals surface area contributed by atoms with Gasteiger partial charge >= 0.3 is 6.01 Å². The van der Waals surface area contributed by atoms with Gasteiger partial charge in [-0.2, -0.15) is 0 Å². The second-order valence-electron chi connectivity index (χ2n) is 14.4. The molecule has 1 saturated carbocycles. The fraction of sp³-hybridized carbons (Fsp3) is 0.474. The smallest absolute Gasteiger partial charge is 0.316 e. The number of aryl methyl sites for hydroxylation is 1. The molecule has 13 heteroatoms. The van der Waals surface area contributed by atoms with Crippen molar-refractivity contribution in [1.82, 2.24) is 14.7 Å². The molecule has 2 bridgehead atoms. The van der Waals surface area contributed by atoms with Gasteiger partial charge in [0.25, 0.3) is 11.8 Å². The lowest BCUT2D eigenvalue weighted by atomic mass is 9.68. The third-order valence-corrected chi connectivity index (χ3v) is 13.1. The van der Waals surface area contributed by atoms with Crippen LogP contribution in [0.3, 0.4) is 0 Å². The largest absolute Gasteiger partial charge is 0.490 e. The van der Waals surface area contributed by atoms with Crippen LogP contribution < -0.4 is 19.1 Å².